The van der Waals surface area contributed by atoms with Crippen LogP contribution >= 0.6 is 0 Å². The normalized spacial score (nSPS) is 22.2. The van der Waals surface area contributed by atoms with Gasteiger partial charge in [-0.05, 0) is 37.1 Å². The van der Waals surface area contributed by atoms with Crippen molar-refractivity contribution in [3.63, 3.8) is 0 Å². The molecule has 2 bridgehead atoms. The molecule has 27 heavy (non-hydrogen) atoms. The maximum atomic E-state index is 13.0. The number of rotatable bonds is 5. The Kier molecular flexibility index (Phi) is 4.89. The molecule has 3 saturated heterocycles. The van der Waals surface area contributed by atoms with Gasteiger partial charge in [-0.1, -0.05) is 0 Å². The van der Waals surface area contributed by atoms with E-state index in [0.717, 1.165) is 18.5 Å². The summed E-state index contributed by atoms with van der Waals surface area (Å²) in [5.74, 6) is 0.0194. The first-order valence-corrected chi connectivity index (χ1v) is 9.21. The Balaban J connectivity index is 1.50. The largest absolute Gasteiger partial charge is 0.383 e. The van der Waals surface area contributed by atoms with Crippen LogP contribution in [0.5, 0.6) is 0 Å². The summed E-state index contributed by atoms with van der Waals surface area (Å²) < 4.78 is 6.93. The standard InChI is InChI=1S/C19H23N5O3/c1-27-9-8-24-17-7-4-15(19(24)26)10-22(11-17)18(25)14-2-5-16(6-3-14)23-12-20-21-13-23/h2-3,5-6,12-13,15,17H,4,7-11H2,1H3/t15-,17+/m0/s1. The van der Waals surface area contributed by atoms with Crippen molar-refractivity contribution in [2.24, 2.45) is 5.92 Å². The summed E-state index contributed by atoms with van der Waals surface area (Å²) >= 11 is 0. The van der Waals surface area contributed by atoms with Crippen LogP contribution in [0.3, 0.4) is 0 Å². The van der Waals surface area contributed by atoms with Crippen LogP contribution in [-0.2, 0) is 9.53 Å². The molecule has 4 heterocycles. The molecule has 3 fully saturated rings. The third-order valence-corrected chi connectivity index (χ3v) is 5.45. The van der Waals surface area contributed by atoms with Crippen molar-refractivity contribution in [2.45, 2.75) is 18.9 Å². The summed E-state index contributed by atoms with van der Waals surface area (Å²) in [7, 11) is 1.64. The van der Waals surface area contributed by atoms with Crippen molar-refractivity contribution >= 4 is 11.8 Å². The van der Waals surface area contributed by atoms with Gasteiger partial charge in [0.15, 0.2) is 0 Å². The molecule has 5 rings (SSSR count). The van der Waals surface area contributed by atoms with Crippen LogP contribution in [0.4, 0.5) is 0 Å². The molecule has 142 valence electrons. The topological polar surface area (TPSA) is 80.6 Å². The van der Waals surface area contributed by atoms with E-state index in [4.69, 9.17) is 4.74 Å². The molecule has 8 heteroatoms. The molecular weight excluding hydrogens is 346 g/mol. The lowest BCUT2D eigenvalue weighted by atomic mass is 9.94. The summed E-state index contributed by atoms with van der Waals surface area (Å²) in [6, 6.07) is 7.45. The number of hydrogen-bond acceptors (Lipinski definition) is 5. The van der Waals surface area contributed by atoms with E-state index in [0.29, 0.717) is 31.8 Å². The Morgan fingerprint density at radius 1 is 1.15 bits per heavy atom. The maximum Gasteiger partial charge on any atom is 0.253 e. The van der Waals surface area contributed by atoms with Gasteiger partial charge in [0.1, 0.15) is 12.7 Å². The molecule has 1 aromatic carbocycles. The minimum atomic E-state index is -0.110. The third kappa shape index (κ3) is 3.44. The number of fused-ring (bicyclic) bond motifs is 4. The molecule has 1 aromatic heterocycles. The number of hydrogen-bond donors (Lipinski definition) is 0. The second-order valence-corrected chi connectivity index (χ2v) is 7.08. The number of methoxy groups -OCH3 is 1. The van der Waals surface area contributed by atoms with Crippen molar-refractivity contribution in [1.82, 2.24) is 24.6 Å². The maximum absolute atomic E-state index is 13.0. The highest BCUT2D eigenvalue weighted by Gasteiger charge is 2.41. The highest BCUT2D eigenvalue weighted by atomic mass is 16.5. The van der Waals surface area contributed by atoms with Crippen molar-refractivity contribution in [2.75, 3.05) is 33.4 Å². The molecule has 0 N–H and O–H groups in total. The van der Waals surface area contributed by atoms with Gasteiger partial charge in [0.25, 0.3) is 5.91 Å². The van der Waals surface area contributed by atoms with Gasteiger partial charge in [0, 0.05) is 44.0 Å². The van der Waals surface area contributed by atoms with E-state index in [1.54, 1.807) is 24.3 Å². The summed E-state index contributed by atoms with van der Waals surface area (Å²) in [4.78, 5) is 29.5. The molecule has 3 aliphatic rings. The average Bonchev–Trinajstić information content (AvgIpc) is 3.10. The molecule has 3 aliphatic heterocycles. The number of ether oxygens (including phenoxy) is 1. The molecule has 0 spiro atoms. The molecule has 2 atom stereocenters. The molecule has 0 aliphatic carbocycles. The van der Waals surface area contributed by atoms with Gasteiger partial charge in [-0.15, -0.1) is 10.2 Å². The first kappa shape index (κ1) is 17.7. The van der Waals surface area contributed by atoms with Crippen LogP contribution in [0, 0.1) is 5.92 Å². The summed E-state index contributed by atoms with van der Waals surface area (Å²) in [6.45, 7) is 2.18. The van der Waals surface area contributed by atoms with Crippen LogP contribution in [0.25, 0.3) is 5.69 Å². The Labute approximate surface area is 157 Å². The Morgan fingerprint density at radius 3 is 2.59 bits per heavy atom. The van der Waals surface area contributed by atoms with Crippen molar-refractivity contribution in [1.29, 1.82) is 0 Å². The Hall–Kier alpha value is -2.74. The fourth-order valence-electron chi connectivity index (χ4n) is 3.98. The van der Waals surface area contributed by atoms with Gasteiger partial charge in [-0.3, -0.25) is 14.2 Å². The first-order chi connectivity index (χ1) is 13.2. The zero-order chi connectivity index (χ0) is 18.8. The van der Waals surface area contributed by atoms with E-state index in [2.05, 4.69) is 10.2 Å². The summed E-state index contributed by atoms with van der Waals surface area (Å²) in [5.41, 5.74) is 1.53. The van der Waals surface area contributed by atoms with Gasteiger partial charge in [0.2, 0.25) is 5.91 Å². The van der Waals surface area contributed by atoms with Gasteiger partial charge in [-0.2, -0.15) is 0 Å². The molecule has 0 saturated carbocycles. The van der Waals surface area contributed by atoms with E-state index < -0.39 is 0 Å². The molecule has 2 amide bonds. The zero-order valence-electron chi connectivity index (χ0n) is 15.3. The lowest BCUT2D eigenvalue weighted by Gasteiger charge is -2.35. The fraction of sp³-hybridized carbons (Fsp3) is 0.474. The van der Waals surface area contributed by atoms with E-state index in [1.165, 1.54) is 0 Å². The minimum Gasteiger partial charge on any atom is -0.383 e. The van der Waals surface area contributed by atoms with Gasteiger partial charge in [0.05, 0.1) is 12.5 Å². The second kappa shape index (κ2) is 7.48. The lowest BCUT2D eigenvalue weighted by Crippen LogP contribution is -2.49. The van der Waals surface area contributed by atoms with Crippen molar-refractivity contribution < 1.29 is 14.3 Å². The van der Waals surface area contributed by atoms with Crippen LogP contribution in [0.1, 0.15) is 23.2 Å². The molecule has 0 unspecified atom stereocenters. The van der Waals surface area contributed by atoms with Crippen LogP contribution in [0.15, 0.2) is 36.9 Å². The first-order valence-electron chi connectivity index (χ1n) is 9.21. The molecule has 8 nitrogen and oxygen atoms in total. The van der Waals surface area contributed by atoms with E-state index in [9.17, 15) is 9.59 Å². The number of piperidine rings is 1. The number of carbonyl (C=O) groups is 2. The minimum absolute atomic E-state index is 0.0244. The van der Waals surface area contributed by atoms with Gasteiger partial charge in [-0.25, -0.2) is 0 Å². The molecular formula is C19H23N5O3. The number of benzene rings is 1. The fourth-order valence-corrected chi connectivity index (χ4v) is 3.98. The lowest BCUT2D eigenvalue weighted by molar-refractivity contribution is -0.140. The van der Waals surface area contributed by atoms with Crippen molar-refractivity contribution in [3.05, 3.63) is 42.5 Å². The predicted molar refractivity (Wildman–Crippen MR) is 97.4 cm³/mol. The van der Waals surface area contributed by atoms with E-state index in [1.807, 2.05) is 34.1 Å². The highest BCUT2D eigenvalue weighted by molar-refractivity contribution is 5.95. The third-order valence-electron chi connectivity index (χ3n) is 5.45. The van der Waals surface area contributed by atoms with E-state index >= 15 is 0 Å². The quantitative estimate of drug-likeness (QED) is 0.785. The van der Waals surface area contributed by atoms with Gasteiger partial charge < -0.3 is 14.5 Å². The van der Waals surface area contributed by atoms with Crippen molar-refractivity contribution in [3.8, 4) is 5.69 Å². The number of aromatic nitrogens is 3. The number of carbonyl (C=O) groups excluding carboxylic acids is 2. The number of amides is 2. The smallest absolute Gasteiger partial charge is 0.253 e. The molecule has 0 radical (unpaired) electrons. The van der Waals surface area contributed by atoms with Crippen LogP contribution in [0.2, 0.25) is 0 Å². The van der Waals surface area contributed by atoms with Gasteiger partial charge >= 0.3 is 0 Å². The van der Waals surface area contributed by atoms with Crippen LogP contribution < -0.4 is 0 Å². The average molecular weight is 369 g/mol. The highest BCUT2D eigenvalue weighted by Crippen LogP contribution is 2.29. The van der Waals surface area contributed by atoms with Crippen LogP contribution in [-0.4, -0.2) is 75.8 Å². The SMILES string of the molecule is COCCN1C(=O)[C@H]2CC[C@@H]1CN(C(=O)c1ccc(-n3cnnc3)cc1)C2. The Morgan fingerprint density at radius 2 is 1.89 bits per heavy atom. The monoisotopic (exact) mass is 369 g/mol. The summed E-state index contributed by atoms with van der Waals surface area (Å²) in [5, 5.41) is 7.58. The van der Waals surface area contributed by atoms with E-state index in [-0.39, 0.29) is 23.8 Å². The zero-order valence-corrected chi connectivity index (χ0v) is 15.3. The molecule has 2 aromatic rings. The number of nitrogens with zero attached hydrogens (tertiary/aromatic N) is 5. The predicted octanol–water partition coefficient (Wildman–Crippen LogP) is 0.977. The second-order valence-electron chi connectivity index (χ2n) is 7.08. The summed E-state index contributed by atoms with van der Waals surface area (Å²) in [6.07, 6.45) is 5.02. The Bertz CT molecular complexity index is 805.